The monoisotopic (exact) mass is 291 g/mol. The summed E-state index contributed by atoms with van der Waals surface area (Å²) in [7, 11) is 0. The van der Waals surface area contributed by atoms with Gasteiger partial charge in [-0.1, -0.05) is 37.1 Å². The maximum Gasteiger partial charge on any atom is 0.195 e. The predicted molar refractivity (Wildman–Crippen MR) is 80.5 cm³/mol. The standard InChI is InChI=1S/C17H25NO3/c1-13(19)12-18-16-10-6-2-3-7-11-17(20,21-16)15-9-5-4-8-14(15)16/h4-5,8-9,13,18-20H,2-3,6-7,10-12H2,1H3. The van der Waals surface area contributed by atoms with E-state index in [0.29, 0.717) is 13.0 Å². The fraction of sp³-hybridized carbons (Fsp3) is 0.647. The molecular weight excluding hydrogens is 266 g/mol. The van der Waals surface area contributed by atoms with Crippen LogP contribution in [0, 0.1) is 0 Å². The van der Waals surface area contributed by atoms with Gasteiger partial charge < -0.3 is 14.9 Å². The Morgan fingerprint density at radius 1 is 1.14 bits per heavy atom. The third-order valence-electron chi connectivity index (χ3n) is 4.60. The van der Waals surface area contributed by atoms with Crippen LogP contribution >= 0.6 is 0 Å². The van der Waals surface area contributed by atoms with E-state index in [1.165, 1.54) is 0 Å². The van der Waals surface area contributed by atoms with Crippen LogP contribution < -0.4 is 5.32 Å². The Bertz CT molecular complexity index is 505. The molecular formula is C17H25NO3. The summed E-state index contributed by atoms with van der Waals surface area (Å²) < 4.78 is 6.21. The molecule has 0 saturated carbocycles. The SMILES string of the molecule is CC(O)CNC12CCCCCCC(O)(O1)c1ccccc12. The molecule has 3 rings (SSSR count). The molecule has 1 aromatic rings. The van der Waals surface area contributed by atoms with Crippen molar-refractivity contribution in [2.24, 2.45) is 0 Å². The van der Waals surface area contributed by atoms with Crippen LogP contribution in [0.15, 0.2) is 24.3 Å². The number of hydrogen-bond acceptors (Lipinski definition) is 4. The Hall–Kier alpha value is -0.940. The van der Waals surface area contributed by atoms with Crippen LogP contribution in [0.5, 0.6) is 0 Å². The number of rotatable bonds is 3. The summed E-state index contributed by atoms with van der Waals surface area (Å²) in [5.41, 5.74) is 1.23. The van der Waals surface area contributed by atoms with Gasteiger partial charge in [-0.3, -0.25) is 5.32 Å². The molecule has 3 unspecified atom stereocenters. The first-order chi connectivity index (χ1) is 10.1. The quantitative estimate of drug-likeness (QED) is 0.800. The maximum atomic E-state index is 11.0. The van der Waals surface area contributed by atoms with Crippen molar-refractivity contribution in [3.05, 3.63) is 35.4 Å². The highest BCUT2D eigenvalue weighted by Crippen LogP contribution is 2.49. The minimum Gasteiger partial charge on any atom is -0.392 e. The van der Waals surface area contributed by atoms with E-state index in [-0.39, 0.29) is 0 Å². The molecule has 2 bridgehead atoms. The van der Waals surface area contributed by atoms with Gasteiger partial charge in [0.05, 0.1) is 6.10 Å². The van der Waals surface area contributed by atoms with Gasteiger partial charge in [-0.05, 0) is 26.2 Å². The van der Waals surface area contributed by atoms with Gasteiger partial charge in [0.25, 0.3) is 0 Å². The summed E-state index contributed by atoms with van der Waals surface area (Å²) in [5.74, 6) is -1.20. The smallest absolute Gasteiger partial charge is 0.195 e. The average Bonchev–Trinajstić information content (AvgIpc) is 2.76. The van der Waals surface area contributed by atoms with Gasteiger partial charge in [-0.2, -0.15) is 0 Å². The van der Waals surface area contributed by atoms with Gasteiger partial charge in [0.2, 0.25) is 0 Å². The van der Waals surface area contributed by atoms with Crippen molar-refractivity contribution in [3.8, 4) is 0 Å². The van der Waals surface area contributed by atoms with Crippen molar-refractivity contribution in [3.63, 3.8) is 0 Å². The summed E-state index contributed by atoms with van der Waals surface area (Å²) in [6.07, 6.45) is 5.30. The summed E-state index contributed by atoms with van der Waals surface area (Å²) in [5, 5.41) is 24.0. The molecule has 0 aromatic heterocycles. The van der Waals surface area contributed by atoms with Gasteiger partial charge in [0, 0.05) is 24.1 Å². The van der Waals surface area contributed by atoms with Crippen molar-refractivity contribution >= 4 is 0 Å². The van der Waals surface area contributed by atoms with Crippen molar-refractivity contribution in [1.82, 2.24) is 5.32 Å². The number of hydrogen-bond donors (Lipinski definition) is 3. The highest BCUT2D eigenvalue weighted by atomic mass is 16.7. The minimum absolute atomic E-state index is 0.448. The molecule has 116 valence electrons. The molecule has 3 atom stereocenters. The molecule has 2 aliphatic heterocycles. The van der Waals surface area contributed by atoms with E-state index in [0.717, 1.165) is 43.2 Å². The van der Waals surface area contributed by atoms with Crippen LogP contribution in [0.1, 0.15) is 56.6 Å². The van der Waals surface area contributed by atoms with Crippen molar-refractivity contribution in [2.45, 2.75) is 63.1 Å². The zero-order valence-electron chi connectivity index (χ0n) is 12.6. The Morgan fingerprint density at radius 3 is 2.52 bits per heavy atom. The molecule has 0 amide bonds. The first-order valence-electron chi connectivity index (χ1n) is 8.01. The number of aliphatic hydroxyl groups is 2. The van der Waals surface area contributed by atoms with Gasteiger partial charge in [0.1, 0.15) is 5.72 Å². The summed E-state index contributed by atoms with van der Waals surface area (Å²) >= 11 is 0. The number of aliphatic hydroxyl groups excluding tert-OH is 1. The summed E-state index contributed by atoms with van der Waals surface area (Å²) in [4.78, 5) is 0. The first-order valence-corrected chi connectivity index (χ1v) is 8.01. The largest absolute Gasteiger partial charge is 0.392 e. The molecule has 4 nitrogen and oxygen atoms in total. The van der Waals surface area contributed by atoms with Crippen molar-refractivity contribution in [1.29, 1.82) is 0 Å². The van der Waals surface area contributed by atoms with Crippen LogP contribution in [-0.2, 0) is 16.2 Å². The Morgan fingerprint density at radius 2 is 1.81 bits per heavy atom. The van der Waals surface area contributed by atoms with Crippen LogP contribution in [-0.4, -0.2) is 22.9 Å². The van der Waals surface area contributed by atoms with Crippen molar-refractivity contribution < 1.29 is 14.9 Å². The number of fused-ring (bicyclic) bond motifs is 5. The van der Waals surface area contributed by atoms with E-state index >= 15 is 0 Å². The Labute approximate surface area is 126 Å². The number of nitrogens with one attached hydrogen (secondary N) is 1. The second-order valence-corrected chi connectivity index (χ2v) is 6.40. The second kappa shape index (κ2) is 5.69. The zero-order valence-corrected chi connectivity index (χ0v) is 12.6. The molecule has 4 heteroatoms. The fourth-order valence-corrected chi connectivity index (χ4v) is 3.57. The van der Waals surface area contributed by atoms with Gasteiger partial charge in [-0.15, -0.1) is 0 Å². The predicted octanol–water partition coefficient (Wildman–Crippen LogP) is 2.34. The van der Waals surface area contributed by atoms with E-state index in [1.54, 1.807) is 6.92 Å². The lowest BCUT2D eigenvalue weighted by molar-refractivity contribution is -0.273. The highest BCUT2D eigenvalue weighted by molar-refractivity contribution is 5.39. The van der Waals surface area contributed by atoms with Gasteiger partial charge in [0.15, 0.2) is 5.79 Å². The molecule has 1 saturated heterocycles. The lowest BCUT2D eigenvalue weighted by Crippen LogP contribution is -2.47. The van der Waals surface area contributed by atoms with Crippen LogP contribution in [0.2, 0.25) is 0 Å². The second-order valence-electron chi connectivity index (χ2n) is 6.40. The van der Waals surface area contributed by atoms with Gasteiger partial charge >= 0.3 is 0 Å². The lowest BCUT2D eigenvalue weighted by atomic mass is 9.89. The molecule has 2 heterocycles. The third-order valence-corrected chi connectivity index (χ3v) is 4.60. The first kappa shape index (κ1) is 15.0. The molecule has 0 radical (unpaired) electrons. The van der Waals surface area contributed by atoms with Crippen molar-refractivity contribution in [2.75, 3.05) is 6.54 Å². The minimum atomic E-state index is -1.20. The van der Waals surface area contributed by atoms with Gasteiger partial charge in [-0.25, -0.2) is 0 Å². The molecule has 0 aliphatic carbocycles. The van der Waals surface area contributed by atoms with Crippen LogP contribution in [0.4, 0.5) is 0 Å². The van der Waals surface area contributed by atoms with Crippen LogP contribution in [0.3, 0.4) is 0 Å². The molecule has 2 aliphatic rings. The number of ether oxygens (including phenoxy) is 1. The average molecular weight is 291 g/mol. The number of benzene rings is 1. The van der Waals surface area contributed by atoms with E-state index in [4.69, 9.17) is 4.74 Å². The van der Waals surface area contributed by atoms with E-state index in [9.17, 15) is 10.2 Å². The van der Waals surface area contributed by atoms with E-state index in [2.05, 4.69) is 5.32 Å². The van der Waals surface area contributed by atoms with Crippen LogP contribution in [0.25, 0.3) is 0 Å². The van der Waals surface area contributed by atoms with E-state index in [1.807, 2.05) is 24.3 Å². The molecule has 1 fully saturated rings. The molecule has 21 heavy (non-hydrogen) atoms. The normalized spacial score (nSPS) is 33.7. The summed E-state index contributed by atoms with van der Waals surface area (Å²) in [6, 6.07) is 7.93. The molecule has 0 spiro atoms. The maximum absolute atomic E-state index is 11.0. The zero-order chi connectivity index (χ0) is 14.9. The molecule has 3 N–H and O–H groups in total. The van der Waals surface area contributed by atoms with E-state index < -0.39 is 17.6 Å². The summed E-state index contributed by atoms with van der Waals surface area (Å²) in [6.45, 7) is 2.20. The Kier molecular flexibility index (Phi) is 4.06. The fourth-order valence-electron chi connectivity index (χ4n) is 3.57. The third kappa shape index (κ3) is 2.73. The highest BCUT2D eigenvalue weighted by Gasteiger charge is 2.52. The molecule has 1 aromatic carbocycles. The Balaban J connectivity index is 2.01. The topological polar surface area (TPSA) is 61.7 Å². The lowest BCUT2D eigenvalue weighted by Gasteiger charge is -2.34.